The zero-order chi connectivity index (χ0) is 13.8. The molecule has 0 fully saturated rings. The van der Waals surface area contributed by atoms with E-state index >= 15 is 0 Å². The summed E-state index contributed by atoms with van der Waals surface area (Å²) in [6.07, 6.45) is 4.19. The van der Waals surface area contributed by atoms with Crippen LogP contribution in [0.3, 0.4) is 0 Å². The average Bonchev–Trinajstić information content (AvgIpc) is 2.49. The highest BCUT2D eigenvalue weighted by molar-refractivity contribution is 5.61. The largest absolute Gasteiger partial charge is 0.384 e. The van der Waals surface area contributed by atoms with Gasteiger partial charge in [-0.2, -0.15) is 0 Å². The first-order valence-electron chi connectivity index (χ1n) is 6.39. The van der Waals surface area contributed by atoms with Crippen molar-refractivity contribution in [2.24, 2.45) is 0 Å². The Balaban J connectivity index is 1.95. The molecule has 0 unspecified atom stereocenters. The monoisotopic (exact) mass is 262 g/mol. The predicted octanol–water partition coefficient (Wildman–Crippen LogP) is 2.71. The molecule has 0 saturated heterocycles. The molecule has 4 heteroatoms. The van der Waals surface area contributed by atoms with Gasteiger partial charge in [-0.15, -0.1) is 0 Å². The van der Waals surface area contributed by atoms with E-state index in [1.54, 1.807) is 12.3 Å². The lowest BCUT2D eigenvalue weighted by molar-refractivity contribution is 0.971. The van der Waals surface area contributed by atoms with Gasteiger partial charge in [0.15, 0.2) is 0 Å². The number of anilines is 1. The summed E-state index contributed by atoms with van der Waals surface area (Å²) < 4.78 is 0. The van der Waals surface area contributed by atoms with Crippen molar-refractivity contribution in [1.29, 1.82) is 0 Å². The van der Waals surface area contributed by atoms with Gasteiger partial charge in [0, 0.05) is 30.4 Å². The Hall–Kier alpha value is -2.75. The standard InChI is InChI=1S/C16H14N4/c17-15-10-14(13-6-2-1-3-7-13)19-16(20-15)9-12-5-4-8-18-11-12/h1-8,10-11H,9H2,(H2,17,19,20). The van der Waals surface area contributed by atoms with Gasteiger partial charge in [-0.05, 0) is 11.6 Å². The quantitative estimate of drug-likeness (QED) is 0.788. The Morgan fingerprint density at radius 2 is 1.80 bits per heavy atom. The first-order chi connectivity index (χ1) is 9.81. The number of pyridine rings is 1. The molecule has 0 bridgehead atoms. The van der Waals surface area contributed by atoms with Gasteiger partial charge in [0.2, 0.25) is 0 Å². The van der Waals surface area contributed by atoms with Gasteiger partial charge in [0.05, 0.1) is 5.69 Å². The van der Waals surface area contributed by atoms with Gasteiger partial charge in [0.25, 0.3) is 0 Å². The van der Waals surface area contributed by atoms with Crippen molar-refractivity contribution >= 4 is 5.82 Å². The molecular formula is C16H14N4. The third kappa shape index (κ3) is 2.80. The van der Waals surface area contributed by atoms with Crippen molar-refractivity contribution in [2.75, 3.05) is 5.73 Å². The summed E-state index contributed by atoms with van der Waals surface area (Å²) in [5.74, 6) is 1.19. The van der Waals surface area contributed by atoms with Crippen LogP contribution in [0.15, 0.2) is 60.9 Å². The second-order valence-corrected chi connectivity index (χ2v) is 4.50. The van der Waals surface area contributed by atoms with Crippen LogP contribution in [0, 0.1) is 0 Å². The number of nitrogens with two attached hydrogens (primary N) is 1. The predicted molar refractivity (Wildman–Crippen MR) is 78.9 cm³/mol. The molecule has 0 aliphatic heterocycles. The normalized spacial score (nSPS) is 10.4. The Bertz CT molecular complexity index is 696. The van der Waals surface area contributed by atoms with Gasteiger partial charge in [-0.3, -0.25) is 4.98 Å². The van der Waals surface area contributed by atoms with E-state index in [9.17, 15) is 0 Å². The maximum absolute atomic E-state index is 5.88. The summed E-state index contributed by atoms with van der Waals surface area (Å²) in [6, 6.07) is 15.7. The number of hydrogen-bond donors (Lipinski definition) is 1. The maximum atomic E-state index is 5.88. The first kappa shape index (κ1) is 12.3. The second-order valence-electron chi connectivity index (χ2n) is 4.50. The van der Waals surface area contributed by atoms with Crippen LogP contribution in [0.25, 0.3) is 11.3 Å². The molecule has 2 aromatic heterocycles. The lowest BCUT2D eigenvalue weighted by Gasteiger charge is -2.06. The van der Waals surface area contributed by atoms with Crippen molar-refractivity contribution in [3.63, 3.8) is 0 Å². The second kappa shape index (κ2) is 5.48. The number of nitrogens with zero attached hydrogens (tertiary/aromatic N) is 3. The molecule has 4 nitrogen and oxygen atoms in total. The van der Waals surface area contributed by atoms with Gasteiger partial charge < -0.3 is 5.73 Å². The van der Waals surface area contributed by atoms with Crippen LogP contribution >= 0.6 is 0 Å². The molecule has 3 rings (SSSR count). The zero-order valence-corrected chi connectivity index (χ0v) is 10.9. The minimum Gasteiger partial charge on any atom is -0.384 e. The fourth-order valence-electron chi connectivity index (χ4n) is 2.04. The Kier molecular flexibility index (Phi) is 3.37. The van der Waals surface area contributed by atoms with Crippen molar-refractivity contribution in [1.82, 2.24) is 15.0 Å². The lowest BCUT2D eigenvalue weighted by atomic mass is 10.1. The van der Waals surface area contributed by atoms with E-state index in [1.165, 1.54) is 0 Å². The molecule has 20 heavy (non-hydrogen) atoms. The van der Waals surface area contributed by atoms with Crippen LogP contribution in [0.1, 0.15) is 11.4 Å². The SMILES string of the molecule is Nc1cc(-c2ccccc2)nc(Cc2cccnc2)n1. The highest BCUT2D eigenvalue weighted by Crippen LogP contribution is 2.19. The molecular weight excluding hydrogens is 248 g/mol. The minimum atomic E-state index is 0.484. The number of nitrogen functional groups attached to an aromatic ring is 1. The van der Waals surface area contributed by atoms with E-state index in [1.807, 2.05) is 48.7 Å². The Morgan fingerprint density at radius 1 is 0.950 bits per heavy atom. The van der Waals surface area contributed by atoms with Crippen LogP contribution in [0.5, 0.6) is 0 Å². The van der Waals surface area contributed by atoms with E-state index < -0.39 is 0 Å². The molecule has 2 N–H and O–H groups in total. The average molecular weight is 262 g/mol. The minimum absolute atomic E-state index is 0.484. The molecule has 0 spiro atoms. The third-order valence-corrected chi connectivity index (χ3v) is 2.95. The molecule has 0 saturated carbocycles. The van der Waals surface area contributed by atoms with E-state index in [4.69, 9.17) is 5.73 Å². The Labute approximate surface area is 117 Å². The first-order valence-corrected chi connectivity index (χ1v) is 6.39. The summed E-state index contributed by atoms with van der Waals surface area (Å²) in [6.45, 7) is 0. The summed E-state index contributed by atoms with van der Waals surface area (Å²) in [4.78, 5) is 13.0. The molecule has 3 aromatic rings. The number of aromatic nitrogens is 3. The number of benzene rings is 1. The van der Waals surface area contributed by atoms with Crippen LogP contribution in [-0.4, -0.2) is 15.0 Å². The van der Waals surface area contributed by atoms with Gasteiger partial charge in [-0.1, -0.05) is 36.4 Å². The molecule has 0 radical (unpaired) electrons. The van der Waals surface area contributed by atoms with E-state index in [0.717, 1.165) is 16.8 Å². The van der Waals surface area contributed by atoms with Crippen molar-refractivity contribution in [3.8, 4) is 11.3 Å². The van der Waals surface area contributed by atoms with E-state index in [-0.39, 0.29) is 0 Å². The fraction of sp³-hybridized carbons (Fsp3) is 0.0625. The van der Waals surface area contributed by atoms with Crippen molar-refractivity contribution in [2.45, 2.75) is 6.42 Å². The molecule has 0 amide bonds. The van der Waals surface area contributed by atoms with Crippen LogP contribution < -0.4 is 5.73 Å². The molecule has 2 heterocycles. The highest BCUT2D eigenvalue weighted by Gasteiger charge is 2.06. The topological polar surface area (TPSA) is 64.7 Å². The fourth-order valence-corrected chi connectivity index (χ4v) is 2.04. The van der Waals surface area contributed by atoms with Gasteiger partial charge in [0.1, 0.15) is 11.6 Å². The van der Waals surface area contributed by atoms with E-state index in [0.29, 0.717) is 18.1 Å². The zero-order valence-electron chi connectivity index (χ0n) is 10.9. The number of hydrogen-bond acceptors (Lipinski definition) is 4. The smallest absolute Gasteiger partial charge is 0.135 e. The van der Waals surface area contributed by atoms with Gasteiger partial charge >= 0.3 is 0 Å². The molecule has 1 aromatic carbocycles. The molecule has 0 atom stereocenters. The molecule has 0 aliphatic rings. The maximum Gasteiger partial charge on any atom is 0.135 e. The van der Waals surface area contributed by atoms with Crippen LogP contribution in [0.2, 0.25) is 0 Å². The van der Waals surface area contributed by atoms with Gasteiger partial charge in [-0.25, -0.2) is 9.97 Å². The molecule has 98 valence electrons. The lowest BCUT2D eigenvalue weighted by Crippen LogP contribution is -2.02. The van der Waals surface area contributed by atoms with Crippen molar-refractivity contribution < 1.29 is 0 Å². The molecule has 0 aliphatic carbocycles. The van der Waals surface area contributed by atoms with Crippen LogP contribution in [0.4, 0.5) is 5.82 Å². The summed E-state index contributed by atoms with van der Waals surface area (Å²) in [7, 11) is 0. The van der Waals surface area contributed by atoms with Crippen molar-refractivity contribution in [3.05, 3.63) is 72.3 Å². The Morgan fingerprint density at radius 3 is 2.55 bits per heavy atom. The third-order valence-electron chi connectivity index (χ3n) is 2.95. The highest BCUT2D eigenvalue weighted by atomic mass is 14.9. The summed E-state index contributed by atoms with van der Waals surface area (Å²) in [5.41, 5.74) is 8.83. The van der Waals surface area contributed by atoms with E-state index in [2.05, 4.69) is 15.0 Å². The number of rotatable bonds is 3. The summed E-state index contributed by atoms with van der Waals surface area (Å²) >= 11 is 0. The summed E-state index contributed by atoms with van der Waals surface area (Å²) in [5, 5.41) is 0. The van der Waals surface area contributed by atoms with Crippen LogP contribution in [-0.2, 0) is 6.42 Å².